The second kappa shape index (κ2) is 16.8. The number of hydrogen-bond donors (Lipinski definition) is 0. The van der Waals surface area contributed by atoms with E-state index >= 15 is 0 Å². The fourth-order valence-corrected chi connectivity index (χ4v) is 2.38. The van der Waals surface area contributed by atoms with Crippen LogP contribution in [0.2, 0.25) is 0 Å². The Labute approximate surface area is 215 Å². The first-order valence-corrected chi connectivity index (χ1v) is 10.1. The summed E-state index contributed by atoms with van der Waals surface area (Å²) in [5.74, 6) is 12.8. The molecule has 0 aliphatic heterocycles. The third-order valence-electron chi connectivity index (χ3n) is 3.44. The van der Waals surface area contributed by atoms with Gasteiger partial charge in [-0.3, -0.25) is 9.97 Å². The van der Waals surface area contributed by atoms with Crippen molar-refractivity contribution in [3.8, 4) is 35.2 Å². The average molecular weight is 640 g/mol. The first kappa shape index (κ1) is 27.1. The molecule has 0 amide bonds. The molecule has 0 bridgehead atoms. The molecule has 4 nitrogen and oxygen atoms in total. The van der Waals surface area contributed by atoms with Gasteiger partial charge in [0.2, 0.25) is 0 Å². The van der Waals surface area contributed by atoms with Crippen LogP contribution in [0, 0.1) is 30.6 Å². The molecule has 0 aliphatic carbocycles. The van der Waals surface area contributed by atoms with Crippen LogP contribution >= 0.6 is 0 Å². The van der Waals surface area contributed by atoms with Gasteiger partial charge in [0.15, 0.2) is 0 Å². The Hall–Kier alpha value is -2.89. The van der Waals surface area contributed by atoms with Crippen molar-refractivity contribution in [1.29, 1.82) is 0 Å². The summed E-state index contributed by atoms with van der Waals surface area (Å²) in [7, 11) is 0. The zero-order valence-corrected chi connectivity index (χ0v) is 21.2. The number of aromatic nitrogens is 2. The van der Waals surface area contributed by atoms with E-state index in [9.17, 15) is 0 Å². The maximum Gasteiger partial charge on any atom is 2.00 e. The van der Waals surface area contributed by atoms with Gasteiger partial charge in [-0.1, -0.05) is 47.4 Å². The molecule has 3 aromatic rings. The molecule has 0 saturated heterocycles. The van der Waals surface area contributed by atoms with E-state index in [4.69, 9.17) is 34.7 Å². The van der Waals surface area contributed by atoms with Gasteiger partial charge in [-0.2, -0.15) is 9.79 Å². The maximum absolute atomic E-state index is 5.37. The van der Waals surface area contributed by atoms with Crippen LogP contribution < -0.4 is 9.47 Å². The topological polar surface area (TPSA) is 44.2 Å². The molecule has 2 heterocycles. The smallest absolute Gasteiger partial charge is 0.781 e. The molecular formula is C25H20N2O2PtS2. The third-order valence-corrected chi connectivity index (χ3v) is 4.27. The standard InChI is InChI=1S/C18H14N2O2.C7H8S2.Pt/c1(3-5-13-21-17-9-7-11-19-15-17)2-4-6-14-22-18-10-8-12-20-16-18;1-5-2-3-6(8)7(9)4-5;/h1-2,7-12,15-16H,13-14H2;2-4,8-9H,1H3;/q;;+2/p-2/b2-1-;;. The summed E-state index contributed by atoms with van der Waals surface area (Å²) in [6.45, 7) is 2.63. The first-order valence-electron chi connectivity index (χ1n) is 9.27. The van der Waals surface area contributed by atoms with Crippen LogP contribution in [0.25, 0.3) is 0 Å². The Balaban J connectivity index is 0.000000431. The van der Waals surface area contributed by atoms with Crippen molar-refractivity contribution in [3.63, 3.8) is 0 Å². The summed E-state index contributed by atoms with van der Waals surface area (Å²) < 4.78 is 10.7. The molecule has 0 saturated carbocycles. The normalized spacial score (nSPS) is 9.03. The number of nitrogens with zero attached hydrogens (tertiary/aromatic N) is 2. The quantitative estimate of drug-likeness (QED) is 0.314. The summed E-state index contributed by atoms with van der Waals surface area (Å²) in [5.41, 5.74) is 1.17. The SMILES string of the molecule is C(#CCOc1cccnc1)/C=C\C#CCOc1cccnc1.Cc1ccc([S-])c([S-])c1.[Pt+2]. The first-order chi connectivity index (χ1) is 15.1. The number of rotatable bonds is 4. The average Bonchev–Trinajstić information content (AvgIpc) is 2.79. The second-order valence-corrected chi connectivity index (χ2v) is 6.76. The number of aryl methyl sites for hydroxylation is 1. The fraction of sp³-hybridized carbons (Fsp3) is 0.120. The molecule has 0 unspecified atom stereocenters. The summed E-state index contributed by atoms with van der Waals surface area (Å²) in [5, 5.41) is 0. The van der Waals surface area contributed by atoms with Crippen molar-refractivity contribution in [2.75, 3.05) is 13.2 Å². The van der Waals surface area contributed by atoms with Crippen LogP contribution in [0.15, 0.2) is 89.2 Å². The van der Waals surface area contributed by atoms with Gasteiger partial charge < -0.3 is 34.7 Å². The Morgan fingerprint density at radius 2 is 1.34 bits per heavy atom. The Morgan fingerprint density at radius 1 is 0.812 bits per heavy atom. The zero-order chi connectivity index (χ0) is 22.2. The Bertz CT molecular complexity index is 1020. The largest absolute Gasteiger partial charge is 2.00 e. The van der Waals surface area contributed by atoms with Gasteiger partial charge >= 0.3 is 21.1 Å². The van der Waals surface area contributed by atoms with Crippen LogP contribution in [0.3, 0.4) is 0 Å². The Kier molecular flexibility index (Phi) is 14.2. The van der Waals surface area contributed by atoms with E-state index in [-0.39, 0.29) is 21.1 Å². The van der Waals surface area contributed by atoms with Gasteiger partial charge in [-0.25, -0.2) is 0 Å². The number of pyridine rings is 2. The van der Waals surface area contributed by atoms with Gasteiger partial charge in [-0.05, 0) is 43.3 Å². The molecule has 7 heteroatoms. The molecule has 0 spiro atoms. The van der Waals surface area contributed by atoms with Gasteiger partial charge in [0, 0.05) is 12.4 Å². The van der Waals surface area contributed by atoms with Crippen LogP contribution in [-0.2, 0) is 46.3 Å². The summed E-state index contributed by atoms with van der Waals surface area (Å²) >= 11 is 9.85. The van der Waals surface area contributed by atoms with Crippen molar-refractivity contribution >= 4 is 25.3 Å². The van der Waals surface area contributed by atoms with E-state index in [0.717, 1.165) is 9.79 Å². The second-order valence-electron chi connectivity index (χ2n) is 5.88. The van der Waals surface area contributed by atoms with Crippen LogP contribution in [0.4, 0.5) is 0 Å². The molecule has 2 aromatic heterocycles. The van der Waals surface area contributed by atoms with Crippen molar-refractivity contribution in [3.05, 3.63) is 85.0 Å². The molecule has 0 radical (unpaired) electrons. The predicted octanol–water partition coefficient (Wildman–Crippen LogP) is 4.30. The zero-order valence-electron chi connectivity index (χ0n) is 17.3. The molecule has 0 fully saturated rings. The van der Waals surface area contributed by atoms with Gasteiger partial charge in [0.25, 0.3) is 0 Å². The van der Waals surface area contributed by atoms with E-state index in [1.165, 1.54) is 5.56 Å². The van der Waals surface area contributed by atoms with Crippen molar-refractivity contribution in [2.24, 2.45) is 0 Å². The van der Waals surface area contributed by atoms with E-state index in [2.05, 4.69) is 33.6 Å². The molecule has 0 N–H and O–H groups in total. The molecule has 0 aliphatic rings. The minimum atomic E-state index is 0. The number of ether oxygens (including phenoxy) is 2. The fourth-order valence-electron chi connectivity index (χ4n) is 2.00. The Morgan fingerprint density at radius 3 is 1.75 bits per heavy atom. The monoisotopic (exact) mass is 639 g/mol. The number of benzene rings is 1. The number of hydrogen-bond acceptors (Lipinski definition) is 6. The molecule has 0 atom stereocenters. The minimum Gasteiger partial charge on any atom is -0.781 e. The van der Waals surface area contributed by atoms with E-state index < -0.39 is 0 Å². The third kappa shape index (κ3) is 12.1. The van der Waals surface area contributed by atoms with Crippen molar-refractivity contribution < 1.29 is 30.5 Å². The molecule has 32 heavy (non-hydrogen) atoms. The van der Waals surface area contributed by atoms with E-state index in [1.807, 2.05) is 49.4 Å². The van der Waals surface area contributed by atoms with Gasteiger partial charge in [-0.15, -0.1) is 0 Å². The van der Waals surface area contributed by atoms with E-state index in [0.29, 0.717) is 24.7 Å². The van der Waals surface area contributed by atoms with Crippen LogP contribution in [-0.4, -0.2) is 23.2 Å². The van der Waals surface area contributed by atoms with Crippen molar-refractivity contribution in [2.45, 2.75) is 16.7 Å². The maximum atomic E-state index is 5.37. The summed E-state index contributed by atoms with van der Waals surface area (Å²) in [6, 6.07) is 13.0. The van der Waals surface area contributed by atoms with E-state index in [1.54, 1.807) is 36.9 Å². The van der Waals surface area contributed by atoms with Gasteiger partial charge in [0.05, 0.1) is 12.4 Å². The molecular weight excluding hydrogens is 619 g/mol. The number of allylic oxidation sites excluding steroid dienone is 2. The summed E-state index contributed by atoms with van der Waals surface area (Å²) in [6.07, 6.45) is 10.0. The van der Waals surface area contributed by atoms with Crippen molar-refractivity contribution in [1.82, 2.24) is 9.97 Å². The van der Waals surface area contributed by atoms with Gasteiger partial charge in [0.1, 0.15) is 24.7 Å². The minimum absolute atomic E-state index is 0. The predicted molar refractivity (Wildman–Crippen MR) is 127 cm³/mol. The summed E-state index contributed by atoms with van der Waals surface area (Å²) in [4.78, 5) is 9.44. The molecule has 164 valence electrons. The van der Waals surface area contributed by atoms with Crippen LogP contribution in [0.5, 0.6) is 11.5 Å². The van der Waals surface area contributed by atoms with Crippen LogP contribution in [0.1, 0.15) is 5.56 Å². The molecule has 3 rings (SSSR count). The molecule has 1 aromatic carbocycles.